The lowest BCUT2D eigenvalue weighted by Gasteiger charge is -2.11. The number of ether oxygens (including phenoxy) is 1. The average molecular weight is 266 g/mol. The van der Waals surface area contributed by atoms with Crippen molar-refractivity contribution in [3.05, 3.63) is 40.1 Å². The van der Waals surface area contributed by atoms with Crippen molar-refractivity contribution in [1.82, 2.24) is 4.98 Å². The third-order valence-electron chi connectivity index (χ3n) is 2.37. The fourth-order valence-corrected chi connectivity index (χ4v) is 2.20. The predicted molar refractivity (Wildman–Crippen MR) is 71.7 cm³/mol. The second kappa shape index (κ2) is 5.82. The minimum Gasteiger partial charge on any atom is -0.492 e. The fourth-order valence-electron chi connectivity index (χ4n) is 1.59. The maximum atomic E-state index is 13.1. The van der Waals surface area contributed by atoms with Crippen LogP contribution in [-0.4, -0.2) is 11.6 Å². The zero-order chi connectivity index (χ0) is 13.0. The maximum Gasteiger partial charge on any atom is 0.145 e. The standard InChI is InChI=1S/C13H15FN2OS/c1-3-17-13-6-10(14)4-5-12(13)15-7-11-8-18-9(2)16-11/h4-6,8,15H,3,7H2,1-2H3. The van der Waals surface area contributed by atoms with Gasteiger partial charge in [-0.3, -0.25) is 0 Å². The molecule has 1 heterocycles. The van der Waals surface area contributed by atoms with Crippen molar-refractivity contribution < 1.29 is 9.13 Å². The second-order valence-electron chi connectivity index (χ2n) is 3.78. The largest absolute Gasteiger partial charge is 0.492 e. The van der Waals surface area contributed by atoms with Gasteiger partial charge in [0.25, 0.3) is 0 Å². The molecule has 0 aliphatic carbocycles. The minimum atomic E-state index is -0.298. The Morgan fingerprint density at radius 1 is 1.44 bits per heavy atom. The van der Waals surface area contributed by atoms with Gasteiger partial charge in [-0.15, -0.1) is 11.3 Å². The summed E-state index contributed by atoms with van der Waals surface area (Å²) in [6, 6.07) is 4.48. The van der Waals surface area contributed by atoms with Crippen LogP contribution in [0.15, 0.2) is 23.6 Å². The highest BCUT2D eigenvalue weighted by Gasteiger charge is 2.06. The molecule has 0 fully saturated rings. The van der Waals surface area contributed by atoms with Gasteiger partial charge >= 0.3 is 0 Å². The number of anilines is 1. The van der Waals surface area contributed by atoms with Crippen LogP contribution >= 0.6 is 11.3 Å². The van der Waals surface area contributed by atoms with E-state index in [9.17, 15) is 4.39 Å². The van der Waals surface area contributed by atoms with E-state index in [1.807, 2.05) is 19.2 Å². The van der Waals surface area contributed by atoms with Crippen LogP contribution in [0.3, 0.4) is 0 Å². The third kappa shape index (κ3) is 3.20. The number of halogens is 1. The molecule has 5 heteroatoms. The number of hydrogen-bond acceptors (Lipinski definition) is 4. The van der Waals surface area contributed by atoms with Crippen LogP contribution < -0.4 is 10.1 Å². The average Bonchev–Trinajstić information content (AvgIpc) is 2.75. The number of hydrogen-bond donors (Lipinski definition) is 1. The number of rotatable bonds is 5. The van der Waals surface area contributed by atoms with Crippen molar-refractivity contribution in [2.75, 3.05) is 11.9 Å². The van der Waals surface area contributed by atoms with Crippen molar-refractivity contribution in [3.63, 3.8) is 0 Å². The molecule has 0 radical (unpaired) electrons. The van der Waals surface area contributed by atoms with Gasteiger partial charge in [-0.2, -0.15) is 0 Å². The Morgan fingerprint density at radius 3 is 2.94 bits per heavy atom. The number of aromatic nitrogens is 1. The Morgan fingerprint density at radius 2 is 2.28 bits per heavy atom. The minimum absolute atomic E-state index is 0.298. The maximum absolute atomic E-state index is 13.1. The molecule has 0 bridgehead atoms. The number of aryl methyl sites for hydroxylation is 1. The van der Waals surface area contributed by atoms with E-state index in [0.29, 0.717) is 18.9 Å². The monoisotopic (exact) mass is 266 g/mol. The van der Waals surface area contributed by atoms with Crippen molar-refractivity contribution >= 4 is 17.0 Å². The Hall–Kier alpha value is -1.62. The highest BCUT2D eigenvalue weighted by Crippen LogP contribution is 2.26. The molecule has 18 heavy (non-hydrogen) atoms. The topological polar surface area (TPSA) is 34.1 Å². The first-order valence-corrected chi connectivity index (χ1v) is 6.64. The van der Waals surface area contributed by atoms with Gasteiger partial charge < -0.3 is 10.1 Å². The van der Waals surface area contributed by atoms with Gasteiger partial charge in [0.05, 0.1) is 29.5 Å². The van der Waals surface area contributed by atoms with Gasteiger partial charge in [-0.05, 0) is 26.0 Å². The van der Waals surface area contributed by atoms with Crippen molar-refractivity contribution in [2.24, 2.45) is 0 Å². The van der Waals surface area contributed by atoms with Crippen LogP contribution in [0.2, 0.25) is 0 Å². The lowest BCUT2D eigenvalue weighted by Crippen LogP contribution is -2.03. The Labute approximate surface area is 110 Å². The van der Waals surface area contributed by atoms with Gasteiger partial charge in [0.15, 0.2) is 0 Å². The smallest absolute Gasteiger partial charge is 0.145 e. The molecule has 1 aromatic carbocycles. The molecule has 0 amide bonds. The summed E-state index contributed by atoms with van der Waals surface area (Å²) in [4.78, 5) is 4.36. The highest BCUT2D eigenvalue weighted by molar-refractivity contribution is 7.09. The van der Waals surface area contributed by atoms with E-state index in [1.54, 1.807) is 17.4 Å². The summed E-state index contributed by atoms with van der Waals surface area (Å²) in [6.07, 6.45) is 0. The molecule has 0 aliphatic heterocycles. The first-order chi connectivity index (χ1) is 8.69. The molecule has 0 unspecified atom stereocenters. The van der Waals surface area contributed by atoms with Crippen molar-refractivity contribution in [1.29, 1.82) is 0 Å². The van der Waals surface area contributed by atoms with Gasteiger partial charge in [0.2, 0.25) is 0 Å². The second-order valence-corrected chi connectivity index (χ2v) is 4.85. The van der Waals surface area contributed by atoms with Crippen LogP contribution in [-0.2, 0) is 6.54 Å². The Balaban J connectivity index is 2.08. The highest BCUT2D eigenvalue weighted by atomic mass is 32.1. The zero-order valence-corrected chi connectivity index (χ0v) is 11.2. The molecule has 1 aromatic heterocycles. The van der Waals surface area contributed by atoms with E-state index in [2.05, 4.69) is 10.3 Å². The number of thiazole rings is 1. The van der Waals surface area contributed by atoms with E-state index >= 15 is 0 Å². The lowest BCUT2D eigenvalue weighted by molar-refractivity contribution is 0.339. The predicted octanol–water partition coefficient (Wildman–Crippen LogP) is 3.60. The van der Waals surface area contributed by atoms with E-state index < -0.39 is 0 Å². The van der Waals surface area contributed by atoms with Gasteiger partial charge in [-0.25, -0.2) is 9.37 Å². The number of benzene rings is 1. The van der Waals surface area contributed by atoms with Crippen LogP contribution in [0.25, 0.3) is 0 Å². The molecule has 1 N–H and O–H groups in total. The normalized spacial score (nSPS) is 10.4. The van der Waals surface area contributed by atoms with Crippen LogP contribution in [0, 0.1) is 12.7 Å². The summed E-state index contributed by atoms with van der Waals surface area (Å²) in [6.45, 7) is 4.96. The lowest BCUT2D eigenvalue weighted by atomic mass is 10.2. The first-order valence-electron chi connectivity index (χ1n) is 5.76. The summed E-state index contributed by atoms with van der Waals surface area (Å²) >= 11 is 1.61. The molecule has 96 valence electrons. The van der Waals surface area contributed by atoms with E-state index in [-0.39, 0.29) is 5.82 Å². The molecule has 2 rings (SSSR count). The Bertz CT molecular complexity index is 527. The van der Waals surface area contributed by atoms with E-state index in [1.165, 1.54) is 12.1 Å². The number of nitrogens with one attached hydrogen (secondary N) is 1. The molecular formula is C13H15FN2OS. The van der Waals surface area contributed by atoms with Gasteiger partial charge in [-0.1, -0.05) is 0 Å². The fraction of sp³-hybridized carbons (Fsp3) is 0.308. The molecule has 3 nitrogen and oxygen atoms in total. The molecule has 2 aromatic rings. The van der Waals surface area contributed by atoms with Crippen molar-refractivity contribution in [2.45, 2.75) is 20.4 Å². The summed E-state index contributed by atoms with van der Waals surface area (Å²) in [5.41, 5.74) is 1.76. The number of nitrogens with zero attached hydrogens (tertiary/aromatic N) is 1. The summed E-state index contributed by atoms with van der Waals surface area (Å²) in [5.74, 6) is 0.234. The molecule has 0 saturated carbocycles. The van der Waals surface area contributed by atoms with E-state index in [0.717, 1.165) is 16.4 Å². The van der Waals surface area contributed by atoms with Crippen LogP contribution in [0.5, 0.6) is 5.75 Å². The molecule has 0 atom stereocenters. The van der Waals surface area contributed by atoms with Crippen molar-refractivity contribution in [3.8, 4) is 5.75 Å². The molecule has 0 saturated heterocycles. The Kier molecular flexibility index (Phi) is 4.15. The van der Waals surface area contributed by atoms with Gasteiger partial charge in [0, 0.05) is 11.4 Å². The van der Waals surface area contributed by atoms with Crippen LogP contribution in [0.1, 0.15) is 17.6 Å². The van der Waals surface area contributed by atoms with Gasteiger partial charge in [0.1, 0.15) is 11.6 Å². The third-order valence-corrected chi connectivity index (χ3v) is 3.19. The molecule has 0 aliphatic rings. The SMILES string of the molecule is CCOc1cc(F)ccc1NCc1csc(C)n1. The van der Waals surface area contributed by atoms with E-state index in [4.69, 9.17) is 4.74 Å². The first kappa shape index (κ1) is 12.8. The molecular weight excluding hydrogens is 251 g/mol. The summed E-state index contributed by atoms with van der Waals surface area (Å²) in [5, 5.41) is 6.25. The van der Waals surface area contributed by atoms with Crippen LogP contribution in [0.4, 0.5) is 10.1 Å². The zero-order valence-electron chi connectivity index (χ0n) is 10.4. The summed E-state index contributed by atoms with van der Waals surface area (Å²) < 4.78 is 18.5. The quantitative estimate of drug-likeness (QED) is 0.897. The molecule has 0 spiro atoms. The summed E-state index contributed by atoms with van der Waals surface area (Å²) in [7, 11) is 0.